The molecule has 0 fully saturated rings. The second-order valence-corrected chi connectivity index (χ2v) is 8.55. The first-order valence-corrected chi connectivity index (χ1v) is 11.2. The molecule has 3 heterocycles. The molecule has 0 aromatic heterocycles. The van der Waals surface area contributed by atoms with Gasteiger partial charge in [0.15, 0.2) is 11.6 Å². The number of nitrogens with two attached hydrogens (primary N) is 2. The molecule has 0 saturated carbocycles. The Morgan fingerprint density at radius 1 is 1.45 bits per heavy atom. The molecular weight excluding hydrogens is 423 g/mol. The third-order valence-electron chi connectivity index (χ3n) is 6.29. The second kappa shape index (κ2) is 10.2. The number of nitrogens with one attached hydrogen (secondary N) is 1. The molecule has 3 rings (SSSR count). The van der Waals surface area contributed by atoms with Crippen LogP contribution in [0.15, 0.2) is 68.4 Å². The van der Waals surface area contributed by atoms with Crippen molar-refractivity contribution in [3.63, 3.8) is 0 Å². The van der Waals surface area contributed by atoms with Crippen molar-refractivity contribution < 1.29 is 14.0 Å². The van der Waals surface area contributed by atoms with Gasteiger partial charge in [-0.1, -0.05) is 31.7 Å². The summed E-state index contributed by atoms with van der Waals surface area (Å²) >= 11 is 0. The maximum Gasteiger partial charge on any atom is 0.169 e. The Morgan fingerprint density at radius 2 is 2.18 bits per heavy atom. The smallest absolute Gasteiger partial charge is 0.169 e. The van der Waals surface area contributed by atoms with Crippen LogP contribution in [0.3, 0.4) is 0 Å². The molecule has 3 aliphatic rings. The number of allylic oxidation sites excluding steroid dienone is 5. The fourth-order valence-electron chi connectivity index (χ4n) is 4.15. The predicted octanol–water partition coefficient (Wildman–Crippen LogP) is 2.98. The van der Waals surface area contributed by atoms with Crippen LogP contribution in [0.2, 0.25) is 0 Å². The lowest BCUT2D eigenvalue weighted by Gasteiger charge is -2.24. The molecule has 2 bridgehead atoms. The number of rotatable bonds is 9. The zero-order chi connectivity index (χ0) is 24.3. The van der Waals surface area contributed by atoms with Crippen molar-refractivity contribution in [3.8, 4) is 0 Å². The summed E-state index contributed by atoms with van der Waals surface area (Å²) < 4.78 is 15.5. The van der Waals surface area contributed by atoms with E-state index in [1.165, 1.54) is 13.0 Å². The van der Waals surface area contributed by atoms with Crippen molar-refractivity contribution >= 4 is 17.8 Å². The van der Waals surface area contributed by atoms with E-state index in [2.05, 4.69) is 22.2 Å². The number of hydrogen-bond donors (Lipinski definition) is 3. The van der Waals surface area contributed by atoms with Crippen LogP contribution in [0.4, 0.5) is 4.39 Å². The number of ketones is 1. The Balaban J connectivity index is 1.87. The summed E-state index contributed by atoms with van der Waals surface area (Å²) in [6.45, 7) is 12.1. The van der Waals surface area contributed by atoms with Crippen LogP contribution in [0.25, 0.3) is 0 Å². The number of alkyl halides is 1. The van der Waals surface area contributed by atoms with Crippen molar-refractivity contribution in [1.82, 2.24) is 10.4 Å². The van der Waals surface area contributed by atoms with Crippen molar-refractivity contribution in [1.29, 1.82) is 0 Å². The van der Waals surface area contributed by atoms with E-state index in [0.717, 1.165) is 17.7 Å². The fraction of sp³-hybridized carbons (Fsp3) is 0.458. The van der Waals surface area contributed by atoms with E-state index in [9.17, 15) is 4.79 Å². The molecule has 3 atom stereocenters. The van der Waals surface area contributed by atoms with Gasteiger partial charge in [-0.25, -0.2) is 9.82 Å². The van der Waals surface area contributed by atoms with Gasteiger partial charge >= 0.3 is 0 Å². The molecular formula is C24H33FN6O2. The van der Waals surface area contributed by atoms with Gasteiger partial charge in [0, 0.05) is 60.3 Å². The molecule has 0 spiro atoms. The average molecular weight is 457 g/mol. The van der Waals surface area contributed by atoms with Gasteiger partial charge in [-0.2, -0.15) is 0 Å². The number of fused-ring (bicyclic) bond motifs is 2. The van der Waals surface area contributed by atoms with Gasteiger partial charge in [-0.15, -0.1) is 0 Å². The Kier molecular flexibility index (Phi) is 7.53. The van der Waals surface area contributed by atoms with Crippen molar-refractivity contribution in [2.45, 2.75) is 46.7 Å². The van der Waals surface area contributed by atoms with Crippen molar-refractivity contribution in [2.75, 3.05) is 13.1 Å². The number of amidine groups is 1. The van der Waals surface area contributed by atoms with Gasteiger partial charge < -0.3 is 21.3 Å². The minimum Gasteiger partial charge on any atom is -0.401 e. The Bertz CT molecular complexity index is 1020. The van der Waals surface area contributed by atoms with E-state index in [0.29, 0.717) is 41.3 Å². The monoisotopic (exact) mass is 456 g/mol. The van der Waals surface area contributed by atoms with E-state index in [4.69, 9.17) is 16.3 Å². The van der Waals surface area contributed by atoms with Gasteiger partial charge in [0.2, 0.25) is 0 Å². The largest absolute Gasteiger partial charge is 0.401 e. The number of aliphatic imine (C=N–C) groups is 1. The molecule has 8 nitrogen and oxygen atoms in total. The summed E-state index contributed by atoms with van der Waals surface area (Å²) in [5, 5.41) is 5.99. The Hall–Kier alpha value is -3.20. The number of halogens is 1. The maximum atomic E-state index is 15.5. The van der Waals surface area contributed by atoms with Crippen molar-refractivity contribution in [2.24, 2.45) is 33.5 Å². The lowest BCUT2D eigenvalue weighted by molar-refractivity contribution is -0.113. The predicted molar refractivity (Wildman–Crippen MR) is 128 cm³/mol. The highest BCUT2D eigenvalue weighted by Crippen LogP contribution is 2.36. The van der Waals surface area contributed by atoms with Gasteiger partial charge in [0.1, 0.15) is 11.9 Å². The molecule has 9 heteroatoms. The Labute approximate surface area is 194 Å². The molecule has 33 heavy (non-hydrogen) atoms. The fourth-order valence-corrected chi connectivity index (χ4v) is 4.15. The molecule has 0 aliphatic carbocycles. The molecule has 0 radical (unpaired) electrons. The summed E-state index contributed by atoms with van der Waals surface area (Å²) in [6, 6.07) is 0. The Morgan fingerprint density at radius 3 is 2.79 bits per heavy atom. The first kappa shape index (κ1) is 24.4. The van der Waals surface area contributed by atoms with Crippen molar-refractivity contribution in [3.05, 3.63) is 58.3 Å². The van der Waals surface area contributed by atoms with E-state index in [1.807, 2.05) is 18.1 Å². The molecule has 0 aromatic rings. The highest BCUT2D eigenvalue weighted by atomic mass is 19.1. The highest BCUT2D eigenvalue weighted by Gasteiger charge is 2.32. The first-order chi connectivity index (χ1) is 15.7. The molecule has 178 valence electrons. The van der Waals surface area contributed by atoms with Gasteiger partial charge in [0.25, 0.3) is 0 Å². The standard InChI is InChI=1S/C24H33FN6O2/c1-6-17(15(5)32)22(26)13(3)8-20(25)14(4)23-18-9-21(33-30-24(18)27)19(11-28-23)16-10-29-31(7-2)12-16/h6,11-14,20,29H,1,7-10,26H2,2-5H3,(H2,27,30)/b22-17-. The summed E-state index contributed by atoms with van der Waals surface area (Å²) in [7, 11) is 0. The molecule has 3 unspecified atom stereocenters. The van der Waals surface area contributed by atoms with E-state index < -0.39 is 12.1 Å². The van der Waals surface area contributed by atoms with E-state index in [-0.39, 0.29) is 24.0 Å². The minimum atomic E-state index is -1.26. The number of Topliss-reactive ketones (excluding diaryl/α,β-unsaturated/α-hetero) is 1. The van der Waals surface area contributed by atoms with Crippen LogP contribution in [-0.2, 0) is 9.63 Å². The zero-order valence-corrected chi connectivity index (χ0v) is 19.7. The van der Waals surface area contributed by atoms with Gasteiger partial charge in [0.05, 0.1) is 5.70 Å². The lowest BCUT2D eigenvalue weighted by atomic mass is 9.88. The topological polar surface area (TPSA) is 118 Å². The SMILES string of the molecule is C=C/C(C(C)=O)=C(/N)C(C)CC(F)C(C)C1=C2CC(=C(C3=CN(CC)NC3)C=N1)ON=C2N. The van der Waals surface area contributed by atoms with E-state index in [1.54, 1.807) is 20.1 Å². The maximum absolute atomic E-state index is 15.5. The van der Waals surface area contributed by atoms with Crippen LogP contribution in [0.1, 0.15) is 40.5 Å². The van der Waals surface area contributed by atoms with Crippen LogP contribution >= 0.6 is 0 Å². The summed E-state index contributed by atoms with van der Waals surface area (Å²) in [6.07, 6.45) is 4.40. The van der Waals surface area contributed by atoms with Crippen LogP contribution in [0, 0.1) is 11.8 Å². The second-order valence-electron chi connectivity index (χ2n) is 8.55. The zero-order valence-electron chi connectivity index (χ0n) is 19.7. The molecule has 0 aromatic carbocycles. The summed E-state index contributed by atoms with van der Waals surface area (Å²) in [4.78, 5) is 22.0. The minimum absolute atomic E-state index is 0.130. The third kappa shape index (κ3) is 5.08. The first-order valence-electron chi connectivity index (χ1n) is 11.2. The number of carbonyl (C=O) groups excluding carboxylic acids is 1. The van der Waals surface area contributed by atoms with Crippen LogP contribution < -0.4 is 16.9 Å². The average Bonchev–Trinajstić information content (AvgIpc) is 3.20. The number of nitrogens with zero attached hydrogens (tertiary/aromatic N) is 3. The summed E-state index contributed by atoms with van der Waals surface area (Å²) in [5.41, 5.74) is 19.2. The number of carbonyl (C=O) groups is 1. The summed E-state index contributed by atoms with van der Waals surface area (Å²) in [5.74, 6) is -0.251. The van der Waals surface area contributed by atoms with Gasteiger partial charge in [-0.3, -0.25) is 9.79 Å². The third-order valence-corrected chi connectivity index (χ3v) is 6.29. The normalized spacial score (nSPS) is 21.5. The molecule has 0 saturated heterocycles. The van der Waals surface area contributed by atoms with E-state index >= 15 is 4.39 Å². The van der Waals surface area contributed by atoms with Crippen LogP contribution in [0.5, 0.6) is 0 Å². The molecule has 5 N–H and O–H groups in total. The highest BCUT2D eigenvalue weighted by molar-refractivity contribution is 6.00. The molecule has 0 amide bonds. The number of hydrazine groups is 1. The number of hydrogen-bond acceptors (Lipinski definition) is 8. The number of oxime groups is 1. The molecule has 3 aliphatic heterocycles. The van der Waals surface area contributed by atoms with Gasteiger partial charge in [-0.05, 0) is 31.8 Å². The lowest BCUT2D eigenvalue weighted by Crippen LogP contribution is -2.28. The van der Waals surface area contributed by atoms with Crippen LogP contribution in [-0.4, -0.2) is 42.1 Å². The quantitative estimate of drug-likeness (QED) is 0.363.